The summed E-state index contributed by atoms with van der Waals surface area (Å²) in [5, 5.41) is 0. The molecule has 0 amide bonds. The summed E-state index contributed by atoms with van der Waals surface area (Å²) in [7, 11) is 3.58. The van der Waals surface area contributed by atoms with Gasteiger partial charge in [-0.2, -0.15) is 0 Å². The monoisotopic (exact) mass is 194 g/mol. The maximum atomic E-state index is 5.69. The molecule has 0 aromatic heterocycles. The summed E-state index contributed by atoms with van der Waals surface area (Å²) in [6.45, 7) is 8.54. The third kappa shape index (κ3) is 5.88. The normalized spacial score (nSPS) is 14.5. The van der Waals surface area contributed by atoms with Crippen LogP contribution in [0.5, 0.6) is 0 Å². The van der Waals surface area contributed by atoms with Gasteiger partial charge in [0, 0.05) is 0 Å². The maximum Gasteiger partial charge on any atom is 0.115 e. The Morgan fingerprint density at radius 2 is 1.64 bits per heavy atom. The quantitative estimate of drug-likeness (QED) is 0.490. The first-order valence-electron chi connectivity index (χ1n) is 3.92. The van der Waals surface area contributed by atoms with Crippen molar-refractivity contribution in [3.8, 4) is 0 Å². The van der Waals surface area contributed by atoms with Crippen molar-refractivity contribution in [1.82, 2.24) is 0 Å². The lowest BCUT2D eigenvalue weighted by Crippen LogP contribution is -2.19. The molecule has 68 valence electrons. The van der Waals surface area contributed by atoms with Crippen LogP contribution in [0.1, 0.15) is 27.7 Å². The van der Waals surface area contributed by atoms with Gasteiger partial charge in [0.15, 0.2) is 0 Å². The number of hydrogen-bond acceptors (Lipinski definition) is 3. The van der Waals surface area contributed by atoms with Gasteiger partial charge in [0.05, 0.1) is 6.10 Å². The van der Waals surface area contributed by atoms with E-state index in [9.17, 15) is 0 Å². The summed E-state index contributed by atoms with van der Waals surface area (Å²) in [5.41, 5.74) is 0.338. The van der Waals surface area contributed by atoms with E-state index in [1.807, 2.05) is 10.8 Å². The van der Waals surface area contributed by atoms with E-state index in [0.29, 0.717) is 17.5 Å². The summed E-state index contributed by atoms with van der Waals surface area (Å²) in [4.78, 5) is 0. The van der Waals surface area contributed by atoms with Crippen molar-refractivity contribution >= 4 is 21.6 Å². The van der Waals surface area contributed by atoms with Gasteiger partial charge in [-0.25, -0.2) is 0 Å². The summed E-state index contributed by atoms with van der Waals surface area (Å²) in [6, 6.07) is 0. The van der Waals surface area contributed by atoms with Crippen molar-refractivity contribution in [3.05, 3.63) is 0 Å². The van der Waals surface area contributed by atoms with Gasteiger partial charge in [-0.15, -0.1) is 0 Å². The zero-order valence-electron chi connectivity index (χ0n) is 7.96. The largest absolute Gasteiger partial charge is 0.364 e. The zero-order chi connectivity index (χ0) is 8.85. The Kier molecular flexibility index (Phi) is 6.58. The number of ether oxygens (including phenoxy) is 1. The van der Waals surface area contributed by atoms with Crippen LogP contribution in [0.2, 0.25) is 0 Å². The second-order valence-electron chi connectivity index (χ2n) is 3.06. The zero-order valence-corrected chi connectivity index (χ0v) is 9.59. The minimum absolute atomic E-state index is 0.335. The van der Waals surface area contributed by atoms with Gasteiger partial charge in [0.25, 0.3) is 0 Å². The Morgan fingerprint density at radius 1 is 1.09 bits per heavy atom. The molecule has 0 radical (unpaired) electrons. The number of rotatable bonds is 5. The summed E-state index contributed by atoms with van der Waals surface area (Å²) in [5.74, 6) is 0.592. The second-order valence-corrected chi connectivity index (χ2v) is 5.63. The summed E-state index contributed by atoms with van der Waals surface area (Å²) in [6.07, 6.45) is 2.42. The molecule has 1 nitrogen and oxygen atoms in total. The topological polar surface area (TPSA) is 9.23 Å². The average Bonchev–Trinajstić information content (AvgIpc) is 1.86. The number of hydrogen-bond donors (Lipinski definition) is 0. The molecule has 0 aromatic rings. The first kappa shape index (κ1) is 11.7. The highest BCUT2D eigenvalue weighted by Crippen LogP contribution is 2.30. The molecule has 0 aromatic carbocycles. The SMILES string of the molecule is CSSC(OC(C)C)C(C)C. The Balaban J connectivity index is 3.69. The van der Waals surface area contributed by atoms with E-state index in [-0.39, 0.29) is 0 Å². The van der Waals surface area contributed by atoms with Crippen molar-refractivity contribution in [2.75, 3.05) is 6.26 Å². The first-order valence-corrected chi connectivity index (χ1v) is 6.55. The van der Waals surface area contributed by atoms with Crippen LogP contribution in [0.4, 0.5) is 0 Å². The molecule has 0 aliphatic heterocycles. The first-order chi connectivity index (χ1) is 5.07. The van der Waals surface area contributed by atoms with Gasteiger partial charge in [-0.05, 0) is 26.0 Å². The van der Waals surface area contributed by atoms with Crippen LogP contribution in [0.25, 0.3) is 0 Å². The molecule has 0 rings (SSSR count). The van der Waals surface area contributed by atoms with E-state index >= 15 is 0 Å². The standard InChI is InChI=1S/C8H18OS2/c1-6(2)8(11-10-5)9-7(3)4/h6-8H,1-5H3. The fraction of sp³-hybridized carbons (Fsp3) is 1.00. The van der Waals surface area contributed by atoms with Gasteiger partial charge in [0.1, 0.15) is 5.44 Å². The third-order valence-electron chi connectivity index (χ3n) is 1.14. The van der Waals surface area contributed by atoms with Crippen molar-refractivity contribution in [3.63, 3.8) is 0 Å². The van der Waals surface area contributed by atoms with Gasteiger partial charge < -0.3 is 4.74 Å². The van der Waals surface area contributed by atoms with E-state index in [0.717, 1.165) is 0 Å². The average molecular weight is 194 g/mol. The molecule has 1 atom stereocenters. The fourth-order valence-corrected chi connectivity index (χ4v) is 2.71. The van der Waals surface area contributed by atoms with Crippen LogP contribution in [0.3, 0.4) is 0 Å². The predicted octanol–water partition coefficient (Wildman–Crippen LogP) is 3.40. The van der Waals surface area contributed by atoms with Crippen molar-refractivity contribution in [2.24, 2.45) is 5.92 Å². The van der Waals surface area contributed by atoms with E-state index in [1.54, 1.807) is 10.8 Å². The molecule has 1 unspecified atom stereocenters. The molecule has 0 aliphatic carbocycles. The molecule has 0 bridgehead atoms. The van der Waals surface area contributed by atoms with Crippen LogP contribution < -0.4 is 0 Å². The van der Waals surface area contributed by atoms with Crippen LogP contribution in [0.15, 0.2) is 0 Å². The minimum atomic E-state index is 0.335. The Labute approximate surface area is 78.1 Å². The summed E-state index contributed by atoms with van der Waals surface area (Å²) >= 11 is 0. The van der Waals surface area contributed by atoms with E-state index in [2.05, 4.69) is 34.0 Å². The van der Waals surface area contributed by atoms with Crippen molar-refractivity contribution in [1.29, 1.82) is 0 Å². The molecule has 11 heavy (non-hydrogen) atoms. The van der Waals surface area contributed by atoms with Crippen LogP contribution in [-0.2, 0) is 4.74 Å². The minimum Gasteiger partial charge on any atom is -0.364 e. The lowest BCUT2D eigenvalue weighted by molar-refractivity contribution is 0.0370. The van der Waals surface area contributed by atoms with E-state index < -0.39 is 0 Å². The molecule has 0 spiro atoms. The Bertz CT molecular complexity index is 94.1. The molecular formula is C8H18OS2. The second kappa shape index (κ2) is 6.21. The lowest BCUT2D eigenvalue weighted by Gasteiger charge is -2.21. The molecule has 3 heteroatoms. The molecule has 0 fully saturated rings. The lowest BCUT2D eigenvalue weighted by atomic mass is 10.2. The van der Waals surface area contributed by atoms with Gasteiger partial charge >= 0.3 is 0 Å². The Hall–Kier alpha value is 0.660. The highest BCUT2D eigenvalue weighted by Gasteiger charge is 2.15. The fourth-order valence-electron chi connectivity index (χ4n) is 0.654. The molecule has 0 saturated carbocycles. The highest BCUT2D eigenvalue weighted by molar-refractivity contribution is 8.76. The molecule has 0 aliphatic rings. The third-order valence-corrected chi connectivity index (χ3v) is 3.33. The van der Waals surface area contributed by atoms with E-state index in [1.165, 1.54) is 0 Å². The van der Waals surface area contributed by atoms with Crippen LogP contribution >= 0.6 is 21.6 Å². The van der Waals surface area contributed by atoms with Gasteiger partial charge in [0.2, 0.25) is 0 Å². The summed E-state index contributed by atoms with van der Waals surface area (Å²) < 4.78 is 5.69. The smallest absolute Gasteiger partial charge is 0.115 e. The van der Waals surface area contributed by atoms with E-state index in [4.69, 9.17) is 4.74 Å². The molecule has 0 heterocycles. The molecular weight excluding hydrogens is 176 g/mol. The predicted molar refractivity (Wildman–Crippen MR) is 56.0 cm³/mol. The van der Waals surface area contributed by atoms with Crippen molar-refractivity contribution in [2.45, 2.75) is 39.2 Å². The van der Waals surface area contributed by atoms with Crippen molar-refractivity contribution < 1.29 is 4.74 Å². The van der Waals surface area contributed by atoms with Crippen LogP contribution in [0, 0.1) is 5.92 Å². The van der Waals surface area contributed by atoms with Crippen LogP contribution in [-0.4, -0.2) is 17.8 Å². The highest BCUT2D eigenvalue weighted by atomic mass is 33.1. The van der Waals surface area contributed by atoms with Gasteiger partial charge in [-0.1, -0.05) is 35.4 Å². The Morgan fingerprint density at radius 3 is 1.91 bits per heavy atom. The molecule has 0 N–H and O–H groups in total. The molecule has 0 saturated heterocycles. The van der Waals surface area contributed by atoms with Gasteiger partial charge in [-0.3, -0.25) is 0 Å². The maximum absolute atomic E-state index is 5.69.